The van der Waals surface area contributed by atoms with Gasteiger partial charge in [0.25, 0.3) is 5.91 Å². The molecule has 0 aliphatic carbocycles. The standard InChI is InChI=1S/C22H19NO9/c1-30-13-4-2-12(3-5-13)8-18-21(27)15-7-6-14(9-17(15)32-18)31-11-19(24)23-16(22(28)29)10-20(25)26/h2-9,16H,10-11H2,1H3,(H,23,24)(H,25,26)(H,28,29)/t16-/m0/s1. The van der Waals surface area contributed by atoms with Crippen LogP contribution in [0.2, 0.25) is 0 Å². The molecule has 2 aromatic rings. The number of Topliss-reactive ketones (excluding diaryl/α,β-unsaturated/α-hetero) is 1. The van der Waals surface area contributed by atoms with Crippen LogP contribution in [-0.4, -0.2) is 53.6 Å². The Morgan fingerprint density at radius 1 is 1.09 bits per heavy atom. The van der Waals surface area contributed by atoms with Crippen molar-refractivity contribution in [2.75, 3.05) is 13.7 Å². The maximum absolute atomic E-state index is 12.5. The number of carboxylic acids is 2. The highest BCUT2D eigenvalue weighted by molar-refractivity contribution is 6.14. The summed E-state index contributed by atoms with van der Waals surface area (Å²) in [6, 6.07) is 9.86. The summed E-state index contributed by atoms with van der Waals surface area (Å²) in [7, 11) is 1.55. The monoisotopic (exact) mass is 441 g/mol. The van der Waals surface area contributed by atoms with Gasteiger partial charge in [0, 0.05) is 6.07 Å². The van der Waals surface area contributed by atoms with Crippen LogP contribution in [0.5, 0.6) is 17.2 Å². The molecule has 0 fully saturated rings. The van der Waals surface area contributed by atoms with Crippen molar-refractivity contribution in [3.05, 3.63) is 59.4 Å². The minimum Gasteiger partial charge on any atom is -0.497 e. The fourth-order valence-electron chi connectivity index (χ4n) is 2.87. The summed E-state index contributed by atoms with van der Waals surface area (Å²) in [4.78, 5) is 46.2. The normalized spacial score (nSPS) is 14.3. The number of carbonyl (C=O) groups is 4. The lowest BCUT2D eigenvalue weighted by molar-refractivity contribution is -0.147. The molecule has 0 aromatic heterocycles. The Morgan fingerprint density at radius 2 is 1.78 bits per heavy atom. The van der Waals surface area contributed by atoms with E-state index in [0.717, 1.165) is 5.56 Å². The van der Waals surface area contributed by atoms with Crippen molar-refractivity contribution in [3.8, 4) is 17.2 Å². The SMILES string of the molecule is COc1ccc(C=C2Oc3cc(OCC(=O)N[C@@H](CC(=O)O)C(=O)O)ccc3C2=O)cc1. The molecule has 3 N–H and O–H groups in total. The Bertz CT molecular complexity index is 1090. The molecular weight excluding hydrogens is 422 g/mol. The molecule has 0 unspecified atom stereocenters. The second kappa shape index (κ2) is 9.65. The molecule has 2 aromatic carbocycles. The Hall–Kier alpha value is -4.34. The first-order valence-electron chi connectivity index (χ1n) is 9.36. The summed E-state index contributed by atoms with van der Waals surface area (Å²) in [6.45, 7) is -0.551. The second-order valence-electron chi connectivity index (χ2n) is 6.72. The number of ketones is 1. The molecule has 1 aliphatic heterocycles. The van der Waals surface area contributed by atoms with Gasteiger partial charge in [0.1, 0.15) is 23.3 Å². The molecule has 1 heterocycles. The molecule has 0 spiro atoms. The van der Waals surface area contributed by atoms with Gasteiger partial charge in [0.15, 0.2) is 12.4 Å². The number of nitrogens with one attached hydrogen (secondary N) is 1. The van der Waals surface area contributed by atoms with E-state index >= 15 is 0 Å². The number of hydrogen-bond acceptors (Lipinski definition) is 7. The third-order valence-electron chi connectivity index (χ3n) is 4.44. The molecule has 0 saturated carbocycles. The van der Waals surface area contributed by atoms with Gasteiger partial charge in [0.05, 0.1) is 19.1 Å². The molecule has 1 aliphatic rings. The van der Waals surface area contributed by atoms with E-state index in [9.17, 15) is 19.2 Å². The lowest BCUT2D eigenvalue weighted by atomic mass is 10.1. The molecule has 32 heavy (non-hydrogen) atoms. The van der Waals surface area contributed by atoms with Crippen molar-refractivity contribution in [1.29, 1.82) is 0 Å². The fraction of sp³-hybridized carbons (Fsp3) is 0.182. The second-order valence-corrected chi connectivity index (χ2v) is 6.72. The van der Waals surface area contributed by atoms with E-state index in [2.05, 4.69) is 5.32 Å². The summed E-state index contributed by atoms with van der Waals surface area (Å²) >= 11 is 0. The van der Waals surface area contributed by atoms with Gasteiger partial charge in [-0.3, -0.25) is 14.4 Å². The van der Waals surface area contributed by atoms with Gasteiger partial charge < -0.3 is 29.7 Å². The first-order chi connectivity index (χ1) is 15.3. The Balaban J connectivity index is 1.63. The van der Waals surface area contributed by atoms with E-state index in [0.29, 0.717) is 11.3 Å². The zero-order valence-electron chi connectivity index (χ0n) is 16.9. The lowest BCUT2D eigenvalue weighted by Gasteiger charge is -2.13. The summed E-state index contributed by atoms with van der Waals surface area (Å²) in [5, 5.41) is 19.7. The number of benzene rings is 2. The number of ether oxygens (including phenoxy) is 3. The predicted molar refractivity (Wildman–Crippen MR) is 110 cm³/mol. The van der Waals surface area contributed by atoms with Crippen molar-refractivity contribution in [1.82, 2.24) is 5.32 Å². The molecular formula is C22H19NO9. The van der Waals surface area contributed by atoms with Gasteiger partial charge in [-0.25, -0.2) is 4.79 Å². The van der Waals surface area contributed by atoms with Gasteiger partial charge in [-0.1, -0.05) is 12.1 Å². The third kappa shape index (κ3) is 5.42. The number of carboxylic acid groups (broad SMARTS) is 2. The highest BCUT2D eigenvalue weighted by Gasteiger charge is 2.28. The number of rotatable bonds is 9. The molecule has 1 amide bonds. The first-order valence-corrected chi connectivity index (χ1v) is 9.36. The van der Waals surface area contributed by atoms with Crippen LogP contribution in [0.15, 0.2) is 48.2 Å². The maximum Gasteiger partial charge on any atom is 0.326 e. The minimum absolute atomic E-state index is 0.123. The molecule has 166 valence electrons. The summed E-state index contributed by atoms with van der Waals surface area (Å²) in [6.07, 6.45) is 0.823. The number of amides is 1. The van der Waals surface area contributed by atoms with E-state index in [1.54, 1.807) is 37.5 Å². The van der Waals surface area contributed by atoms with Crippen LogP contribution in [0.3, 0.4) is 0 Å². The van der Waals surface area contributed by atoms with Crippen LogP contribution in [-0.2, 0) is 14.4 Å². The van der Waals surface area contributed by atoms with Crippen LogP contribution in [0.25, 0.3) is 6.08 Å². The Labute approximate surface area is 182 Å². The Morgan fingerprint density at radius 3 is 2.41 bits per heavy atom. The largest absolute Gasteiger partial charge is 0.497 e. The zero-order valence-corrected chi connectivity index (χ0v) is 16.9. The quantitative estimate of drug-likeness (QED) is 0.495. The predicted octanol–water partition coefficient (Wildman–Crippen LogP) is 1.73. The van der Waals surface area contributed by atoms with Crippen LogP contribution >= 0.6 is 0 Å². The number of allylic oxidation sites excluding steroid dienone is 1. The molecule has 0 saturated heterocycles. The average Bonchev–Trinajstić information content (AvgIpc) is 3.06. The number of carbonyl (C=O) groups excluding carboxylic acids is 2. The van der Waals surface area contributed by atoms with Gasteiger partial charge in [-0.2, -0.15) is 0 Å². The number of methoxy groups -OCH3 is 1. The molecule has 0 radical (unpaired) electrons. The topological polar surface area (TPSA) is 148 Å². The highest BCUT2D eigenvalue weighted by atomic mass is 16.5. The number of aliphatic carboxylic acids is 2. The van der Waals surface area contributed by atoms with E-state index in [4.69, 9.17) is 24.4 Å². The molecule has 1 atom stereocenters. The number of hydrogen-bond donors (Lipinski definition) is 3. The fourth-order valence-corrected chi connectivity index (χ4v) is 2.87. The van der Waals surface area contributed by atoms with Crippen molar-refractivity contribution < 1.29 is 43.6 Å². The van der Waals surface area contributed by atoms with E-state index in [-0.39, 0.29) is 23.0 Å². The lowest BCUT2D eigenvalue weighted by Crippen LogP contribution is -2.44. The van der Waals surface area contributed by atoms with Crippen molar-refractivity contribution in [2.45, 2.75) is 12.5 Å². The minimum atomic E-state index is -1.57. The van der Waals surface area contributed by atoms with Crippen molar-refractivity contribution in [2.24, 2.45) is 0 Å². The average molecular weight is 441 g/mol. The van der Waals surface area contributed by atoms with Crippen molar-refractivity contribution >= 4 is 29.7 Å². The van der Waals surface area contributed by atoms with Crippen LogP contribution in [0, 0.1) is 0 Å². The summed E-state index contributed by atoms with van der Waals surface area (Å²) < 4.78 is 16.0. The molecule has 10 heteroatoms. The van der Waals surface area contributed by atoms with Gasteiger partial charge in [-0.05, 0) is 35.9 Å². The smallest absolute Gasteiger partial charge is 0.326 e. The van der Waals surface area contributed by atoms with E-state index in [1.165, 1.54) is 18.2 Å². The summed E-state index contributed by atoms with van der Waals surface area (Å²) in [5.41, 5.74) is 1.07. The first kappa shape index (κ1) is 22.3. The van der Waals surface area contributed by atoms with Crippen LogP contribution < -0.4 is 19.5 Å². The van der Waals surface area contributed by atoms with Gasteiger partial charge in [0.2, 0.25) is 5.78 Å². The van der Waals surface area contributed by atoms with Crippen LogP contribution in [0.4, 0.5) is 0 Å². The van der Waals surface area contributed by atoms with E-state index < -0.39 is 36.9 Å². The van der Waals surface area contributed by atoms with Gasteiger partial charge in [-0.15, -0.1) is 0 Å². The third-order valence-corrected chi connectivity index (χ3v) is 4.44. The number of fused-ring (bicyclic) bond motifs is 1. The summed E-state index contributed by atoms with van der Waals surface area (Å²) in [5.74, 6) is -2.69. The molecule has 0 bridgehead atoms. The molecule has 10 nitrogen and oxygen atoms in total. The van der Waals surface area contributed by atoms with E-state index in [1.807, 2.05) is 0 Å². The van der Waals surface area contributed by atoms with Gasteiger partial charge >= 0.3 is 11.9 Å². The van der Waals surface area contributed by atoms with Crippen molar-refractivity contribution in [3.63, 3.8) is 0 Å². The molecule has 3 rings (SSSR count). The Kier molecular flexibility index (Phi) is 6.74. The zero-order chi connectivity index (χ0) is 23.3. The maximum atomic E-state index is 12.5. The highest BCUT2D eigenvalue weighted by Crippen LogP contribution is 2.35. The van der Waals surface area contributed by atoms with Crippen LogP contribution in [0.1, 0.15) is 22.3 Å².